The summed E-state index contributed by atoms with van der Waals surface area (Å²) in [6, 6.07) is 0. The molecule has 84 valence electrons. The Labute approximate surface area is 89.2 Å². The summed E-state index contributed by atoms with van der Waals surface area (Å²) in [4.78, 5) is 11.4. The largest absolute Gasteiger partial charge is 0.468 e. The number of aliphatic hydroxyl groups is 1. The van der Waals surface area contributed by atoms with Crippen LogP contribution in [0.5, 0.6) is 0 Å². The Bertz CT molecular complexity index is 304. The highest BCUT2D eigenvalue weighted by molar-refractivity contribution is 5.89. The fourth-order valence-corrected chi connectivity index (χ4v) is 1.76. The Kier molecular flexibility index (Phi) is 3.91. The van der Waals surface area contributed by atoms with Crippen molar-refractivity contribution < 1.29 is 19.4 Å². The van der Waals surface area contributed by atoms with Gasteiger partial charge in [-0.25, -0.2) is 4.79 Å². The number of carbonyl (C=O) groups excluding carboxylic acids is 1. The summed E-state index contributed by atoms with van der Waals surface area (Å²) in [7, 11) is 1.33. The predicted molar refractivity (Wildman–Crippen MR) is 54.7 cm³/mol. The zero-order chi connectivity index (χ0) is 11.4. The highest BCUT2D eigenvalue weighted by atomic mass is 16.6. The maximum absolute atomic E-state index is 11.4. The zero-order valence-corrected chi connectivity index (χ0v) is 9.19. The van der Waals surface area contributed by atoms with Crippen LogP contribution < -0.4 is 0 Å². The highest BCUT2D eigenvalue weighted by Gasteiger charge is 2.32. The molecule has 0 saturated heterocycles. The van der Waals surface area contributed by atoms with E-state index in [0.717, 1.165) is 6.42 Å². The molecule has 1 heterocycles. The fraction of sp³-hybridized carbons (Fsp3) is 0.545. The van der Waals surface area contributed by atoms with Crippen LogP contribution in [0.3, 0.4) is 0 Å². The van der Waals surface area contributed by atoms with Crippen LogP contribution in [0, 0.1) is 5.92 Å². The van der Waals surface area contributed by atoms with E-state index in [2.05, 4.69) is 4.74 Å². The minimum absolute atomic E-state index is 0.119. The fourth-order valence-electron chi connectivity index (χ4n) is 1.76. The van der Waals surface area contributed by atoms with E-state index in [0.29, 0.717) is 11.1 Å². The molecular weight excluding hydrogens is 196 g/mol. The van der Waals surface area contributed by atoms with Gasteiger partial charge in [-0.2, -0.15) is 0 Å². The maximum Gasteiger partial charge on any atom is 0.337 e. The van der Waals surface area contributed by atoms with Crippen molar-refractivity contribution in [1.29, 1.82) is 0 Å². The standard InChI is InChI=1S/C11H16O4/c1-4-7-8(5-2)11(13)15-6-9(7)10(12)14-3/h5-7,11,13H,4H2,1-3H3/b8-5+. The Morgan fingerprint density at radius 2 is 2.40 bits per heavy atom. The molecule has 0 aromatic heterocycles. The average Bonchev–Trinajstić information content (AvgIpc) is 2.27. The lowest BCUT2D eigenvalue weighted by atomic mass is 9.87. The first-order valence-electron chi connectivity index (χ1n) is 4.93. The predicted octanol–water partition coefficient (Wildman–Crippen LogP) is 1.36. The number of hydrogen-bond donors (Lipinski definition) is 1. The van der Waals surface area contributed by atoms with E-state index in [4.69, 9.17) is 4.74 Å². The van der Waals surface area contributed by atoms with Crippen molar-refractivity contribution in [2.24, 2.45) is 5.92 Å². The monoisotopic (exact) mass is 212 g/mol. The molecule has 0 aromatic carbocycles. The van der Waals surface area contributed by atoms with Gasteiger partial charge in [-0.3, -0.25) is 0 Å². The van der Waals surface area contributed by atoms with Gasteiger partial charge in [0.1, 0.15) is 0 Å². The zero-order valence-electron chi connectivity index (χ0n) is 9.19. The number of esters is 1. The third-order valence-corrected chi connectivity index (χ3v) is 2.55. The Hall–Kier alpha value is -1.29. The minimum atomic E-state index is -0.951. The summed E-state index contributed by atoms with van der Waals surface area (Å²) in [5.41, 5.74) is 1.17. The quantitative estimate of drug-likeness (QED) is 0.554. The SMILES string of the molecule is C/C=C1/C(O)OC=C(C(=O)OC)C1CC. The van der Waals surface area contributed by atoms with Gasteiger partial charge < -0.3 is 14.6 Å². The molecule has 4 nitrogen and oxygen atoms in total. The van der Waals surface area contributed by atoms with Gasteiger partial charge in [0.2, 0.25) is 6.29 Å². The van der Waals surface area contributed by atoms with Crippen LogP contribution in [0.4, 0.5) is 0 Å². The summed E-state index contributed by atoms with van der Waals surface area (Å²) < 4.78 is 9.63. The summed E-state index contributed by atoms with van der Waals surface area (Å²) in [6.07, 6.45) is 2.83. The number of aliphatic hydroxyl groups excluding tert-OH is 1. The van der Waals surface area contributed by atoms with E-state index in [1.54, 1.807) is 6.08 Å². The Balaban J connectivity index is 3.02. The number of allylic oxidation sites excluding steroid dienone is 1. The van der Waals surface area contributed by atoms with Gasteiger partial charge in [0.15, 0.2) is 0 Å². The minimum Gasteiger partial charge on any atom is -0.468 e. The van der Waals surface area contributed by atoms with Gasteiger partial charge in [-0.15, -0.1) is 0 Å². The van der Waals surface area contributed by atoms with E-state index in [1.165, 1.54) is 13.4 Å². The van der Waals surface area contributed by atoms with Crippen LogP contribution in [0.2, 0.25) is 0 Å². The first-order valence-corrected chi connectivity index (χ1v) is 4.93. The second kappa shape index (κ2) is 4.98. The number of ether oxygens (including phenoxy) is 2. The summed E-state index contributed by atoms with van der Waals surface area (Å²) >= 11 is 0. The van der Waals surface area contributed by atoms with Crippen LogP contribution in [-0.2, 0) is 14.3 Å². The molecule has 1 rings (SSSR count). The van der Waals surface area contributed by atoms with Crippen LogP contribution in [0.1, 0.15) is 20.3 Å². The number of rotatable bonds is 2. The van der Waals surface area contributed by atoms with Gasteiger partial charge in [0.05, 0.1) is 18.9 Å². The smallest absolute Gasteiger partial charge is 0.337 e. The lowest BCUT2D eigenvalue weighted by Gasteiger charge is -2.28. The molecule has 15 heavy (non-hydrogen) atoms. The molecule has 0 aliphatic carbocycles. The van der Waals surface area contributed by atoms with Crippen LogP contribution in [-0.4, -0.2) is 24.5 Å². The molecule has 4 heteroatoms. The molecule has 0 aromatic rings. The van der Waals surface area contributed by atoms with E-state index in [-0.39, 0.29) is 5.92 Å². The maximum atomic E-state index is 11.4. The van der Waals surface area contributed by atoms with Crippen LogP contribution in [0.25, 0.3) is 0 Å². The molecule has 1 aliphatic heterocycles. The molecule has 1 aliphatic rings. The number of hydrogen-bond acceptors (Lipinski definition) is 4. The number of carbonyl (C=O) groups is 1. The van der Waals surface area contributed by atoms with Crippen molar-refractivity contribution in [2.75, 3.05) is 7.11 Å². The first kappa shape index (κ1) is 11.8. The van der Waals surface area contributed by atoms with Crippen molar-refractivity contribution in [3.8, 4) is 0 Å². The van der Waals surface area contributed by atoms with Crippen molar-refractivity contribution >= 4 is 5.97 Å². The van der Waals surface area contributed by atoms with Gasteiger partial charge >= 0.3 is 5.97 Å². The van der Waals surface area contributed by atoms with Crippen LogP contribution in [0.15, 0.2) is 23.5 Å². The summed E-state index contributed by atoms with van der Waals surface area (Å²) in [5.74, 6) is -0.528. The van der Waals surface area contributed by atoms with E-state index >= 15 is 0 Å². The van der Waals surface area contributed by atoms with E-state index in [1.807, 2.05) is 13.8 Å². The van der Waals surface area contributed by atoms with Gasteiger partial charge in [-0.1, -0.05) is 13.0 Å². The average molecular weight is 212 g/mol. The second-order valence-electron chi connectivity index (χ2n) is 3.30. The molecular formula is C11H16O4. The van der Waals surface area contributed by atoms with Crippen LogP contribution >= 0.6 is 0 Å². The third kappa shape index (κ3) is 2.21. The first-order chi connectivity index (χ1) is 7.15. The van der Waals surface area contributed by atoms with Gasteiger partial charge in [0.25, 0.3) is 0 Å². The molecule has 2 unspecified atom stereocenters. The van der Waals surface area contributed by atoms with Crippen molar-refractivity contribution in [3.05, 3.63) is 23.5 Å². The lowest BCUT2D eigenvalue weighted by Crippen LogP contribution is -2.28. The molecule has 1 N–H and O–H groups in total. The highest BCUT2D eigenvalue weighted by Crippen LogP contribution is 2.31. The summed E-state index contributed by atoms with van der Waals surface area (Å²) in [6.45, 7) is 3.76. The third-order valence-electron chi connectivity index (χ3n) is 2.55. The van der Waals surface area contributed by atoms with Crippen molar-refractivity contribution in [2.45, 2.75) is 26.6 Å². The molecule has 0 radical (unpaired) electrons. The Morgan fingerprint density at radius 1 is 1.73 bits per heavy atom. The number of methoxy groups -OCH3 is 1. The normalized spacial score (nSPS) is 28.3. The topological polar surface area (TPSA) is 55.8 Å². The van der Waals surface area contributed by atoms with E-state index in [9.17, 15) is 9.90 Å². The molecule has 2 atom stereocenters. The van der Waals surface area contributed by atoms with Gasteiger partial charge in [0, 0.05) is 11.5 Å². The Morgan fingerprint density at radius 3 is 2.87 bits per heavy atom. The molecule has 0 bridgehead atoms. The van der Waals surface area contributed by atoms with E-state index < -0.39 is 12.3 Å². The van der Waals surface area contributed by atoms with Crippen molar-refractivity contribution in [1.82, 2.24) is 0 Å². The van der Waals surface area contributed by atoms with Crippen molar-refractivity contribution in [3.63, 3.8) is 0 Å². The van der Waals surface area contributed by atoms with Gasteiger partial charge in [-0.05, 0) is 13.3 Å². The summed E-state index contributed by atoms with van der Waals surface area (Å²) in [5, 5.41) is 9.56. The molecule has 0 amide bonds. The molecule has 0 saturated carbocycles. The molecule has 0 spiro atoms. The lowest BCUT2D eigenvalue weighted by molar-refractivity contribution is -0.137. The molecule has 0 fully saturated rings. The second-order valence-corrected chi connectivity index (χ2v) is 3.30.